The lowest BCUT2D eigenvalue weighted by Crippen LogP contribution is -2.54. The minimum atomic E-state index is -0.734. The third-order valence-electron chi connectivity index (χ3n) is 3.61. The number of amides is 2. The number of anilines is 1. The molecule has 0 aliphatic carbocycles. The van der Waals surface area contributed by atoms with Gasteiger partial charge in [0, 0.05) is 15.6 Å². The van der Waals surface area contributed by atoms with Gasteiger partial charge in [0.1, 0.15) is 11.3 Å². The van der Waals surface area contributed by atoms with E-state index < -0.39 is 11.8 Å². The van der Waals surface area contributed by atoms with Gasteiger partial charge in [-0.15, -0.1) is 0 Å². The van der Waals surface area contributed by atoms with Crippen LogP contribution in [0.1, 0.15) is 5.56 Å². The molecule has 0 aromatic heterocycles. The van der Waals surface area contributed by atoms with E-state index in [0.717, 1.165) is 4.90 Å². The number of carbonyl (C=O) groups excluding carboxylic acids is 2. The first-order valence-electron chi connectivity index (χ1n) is 7.23. The van der Waals surface area contributed by atoms with Gasteiger partial charge in [-0.2, -0.15) is 0 Å². The molecule has 138 valence electrons. The normalized spacial score (nSPS) is 16.1. The molecular formula is C17H8Cl4N2O3S. The van der Waals surface area contributed by atoms with Gasteiger partial charge >= 0.3 is 0 Å². The van der Waals surface area contributed by atoms with Gasteiger partial charge in [-0.05, 0) is 48.6 Å². The smallest absolute Gasteiger partial charge is 0.270 e. The van der Waals surface area contributed by atoms with Gasteiger partial charge in [0.25, 0.3) is 11.8 Å². The Labute approximate surface area is 179 Å². The van der Waals surface area contributed by atoms with E-state index in [1.807, 2.05) is 0 Å². The second-order valence-electron chi connectivity index (χ2n) is 5.38. The molecule has 0 bridgehead atoms. The molecule has 2 amide bonds. The van der Waals surface area contributed by atoms with Crippen LogP contribution in [0.2, 0.25) is 20.1 Å². The van der Waals surface area contributed by atoms with Gasteiger partial charge < -0.3 is 5.11 Å². The van der Waals surface area contributed by atoms with Gasteiger partial charge in [0.2, 0.25) is 0 Å². The molecule has 1 saturated heterocycles. The maximum atomic E-state index is 12.9. The Hall–Kier alpha value is -1.83. The van der Waals surface area contributed by atoms with E-state index >= 15 is 0 Å². The zero-order valence-corrected chi connectivity index (χ0v) is 16.9. The first-order chi connectivity index (χ1) is 12.7. The van der Waals surface area contributed by atoms with Crippen molar-refractivity contribution in [1.29, 1.82) is 0 Å². The number of halogens is 4. The Kier molecular flexibility index (Phi) is 5.65. The van der Waals surface area contributed by atoms with E-state index in [1.54, 1.807) is 0 Å². The van der Waals surface area contributed by atoms with E-state index in [4.69, 9.17) is 58.6 Å². The van der Waals surface area contributed by atoms with Crippen molar-refractivity contribution in [3.8, 4) is 5.75 Å². The summed E-state index contributed by atoms with van der Waals surface area (Å²) in [5, 5.41) is 13.1. The minimum absolute atomic E-state index is 0.0221. The first-order valence-corrected chi connectivity index (χ1v) is 9.15. The lowest BCUT2D eigenvalue weighted by atomic mass is 10.1. The number of carbonyl (C=O) groups is 2. The Bertz CT molecular complexity index is 1040. The van der Waals surface area contributed by atoms with Crippen LogP contribution in [0, 0.1) is 0 Å². The highest BCUT2D eigenvalue weighted by Crippen LogP contribution is 2.35. The fourth-order valence-electron chi connectivity index (χ4n) is 2.39. The molecular weight excluding hydrogens is 454 g/mol. The Morgan fingerprint density at radius 3 is 2.33 bits per heavy atom. The number of phenolic OH excluding ortho intramolecular Hbond substituents is 1. The molecule has 2 aromatic rings. The molecule has 0 atom stereocenters. The van der Waals surface area contributed by atoms with Crippen molar-refractivity contribution in [1.82, 2.24) is 5.32 Å². The van der Waals surface area contributed by atoms with Crippen LogP contribution < -0.4 is 10.2 Å². The van der Waals surface area contributed by atoms with Crippen LogP contribution in [0.25, 0.3) is 6.08 Å². The third-order valence-corrected chi connectivity index (χ3v) is 4.94. The summed E-state index contributed by atoms with van der Waals surface area (Å²) < 4.78 is 0. The fourth-order valence-corrected chi connectivity index (χ4v) is 3.67. The fraction of sp³-hybridized carbons (Fsp3) is 0. The molecule has 1 fully saturated rings. The summed E-state index contributed by atoms with van der Waals surface area (Å²) in [7, 11) is 0. The largest absolute Gasteiger partial charge is 0.506 e. The summed E-state index contributed by atoms with van der Waals surface area (Å²) in [6.07, 6.45) is 1.17. The average Bonchev–Trinajstić information content (AvgIpc) is 2.57. The van der Waals surface area contributed by atoms with E-state index in [-0.39, 0.29) is 42.8 Å². The summed E-state index contributed by atoms with van der Waals surface area (Å²) in [5.41, 5.74) is 0.0551. The molecule has 0 saturated carbocycles. The Balaban J connectivity index is 2.11. The number of nitrogens with one attached hydrogen (secondary N) is 1. The van der Waals surface area contributed by atoms with Gasteiger partial charge in [0.05, 0.1) is 15.7 Å². The van der Waals surface area contributed by atoms with Gasteiger partial charge in [-0.3, -0.25) is 19.8 Å². The number of nitrogens with zero attached hydrogens (tertiary/aromatic N) is 1. The SMILES string of the molecule is O=C1NC(=S)N(c2ccc(Cl)cc2Cl)C(=O)/C1=C/c1cc(Cl)cc(Cl)c1O. The zero-order valence-electron chi connectivity index (χ0n) is 13.1. The molecule has 5 nitrogen and oxygen atoms in total. The quantitative estimate of drug-likeness (QED) is 0.381. The molecule has 27 heavy (non-hydrogen) atoms. The van der Waals surface area contributed by atoms with Gasteiger partial charge in [-0.1, -0.05) is 46.4 Å². The number of phenols is 1. The van der Waals surface area contributed by atoms with Crippen molar-refractivity contribution < 1.29 is 14.7 Å². The van der Waals surface area contributed by atoms with Crippen molar-refractivity contribution in [2.24, 2.45) is 0 Å². The summed E-state index contributed by atoms with van der Waals surface area (Å²) in [6, 6.07) is 7.16. The predicted octanol–water partition coefficient (Wildman–Crippen LogP) is 4.84. The average molecular weight is 462 g/mol. The van der Waals surface area contributed by atoms with Crippen LogP contribution in [-0.2, 0) is 9.59 Å². The Morgan fingerprint density at radius 1 is 1.00 bits per heavy atom. The van der Waals surface area contributed by atoms with Crippen LogP contribution in [0.5, 0.6) is 5.75 Å². The molecule has 1 aliphatic heterocycles. The summed E-state index contributed by atoms with van der Waals surface area (Å²) >= 11 is 29.0. The summed E-state index contributed by atoms with van der Waals surface area (Å²) in [6.45, 7) is 0. The van der Waals surface area contributed by atoms with Crippen molar-refractivity contribution in [2.45, 2.75) is 0 Å². The third kappa shape index (κ3) is 3.90. The number of rotatable bonds is 2. The zero-order chi connectivity index (χ0) is 19.9. The van der Waals surface area contributed by atoms with Crippen molar-refractivity contribution in [3.05, 3.63) is 61.6 Å². The maximum absolute atomic E-state index is 12.9. The lowest BCUT2D eigenvalue weighted by molar-refractivity contribution is -0.122. The molecule has 3 rings (SSSR count). The standard InChI is InChI=1S/C17H8Cl4N2O3S/c18-8-1-2-13(11(20)5-8)23-16(26)10(15(25)22-17(23)27)4-7-3-9(19)6-12(21)14(7)24/h1-6,24H,(H,22,25,27)/b10-4+. The van der Waals surface area contributed by atoms with Crippen LogP contribution in [0.4, 0.5) is 5.69 Å². The van der Waals surface area contributed by atoms with E-state index in [9.17, 15) is 14.7 Å². The highest BCUT2D eigenvalue weighted by atomic mass is 35.5. The predicted molar refractivity (Wildman–Crippen MR) is 111 cm³/mol. The molecule has 0 radical (unpaired) electrons. The summed E-state index contributed by atoms with van der Waals surface area (Å²) in [5.74, 6) is -1.79. The number of thiocarbonyl (C=S) groups is 1. The van der Waals surface area contributed by atoms with Crippen LogP contribution in [0.15, 0.2) is 35.9 Å². The van der Waals surface area contributed by atoms with Crippen LogP contribution >= 0.6 is 58.6 Å². The molecule has 1 heterocycles. The molecule has 0 spiro atoms. The molecule has 2 aromatic carbocycles. The summed E-state index contributed by atoms with van der Waals surface area (Å²) in [4.78, 5) is 26.3. The van der Waals surface area contributed by atoms with Crippen molar-refractivity contribution in [3.63, 3.8) is 0 Å². The van der Waals surface area contributed by atoms with Crippen LogP contribution in [0.3, 0.4) is 0 Å². The number of hydrogen-bond donors (Lipinski definition) is 2. The van der Waals surface area contributed by atoms with Crippen molar-refractivity contribution >= 4 is 87.3 Å². The second-order valence-corrected chi connectivity index (χ2v) is 7.45. The molecule has 0 unspecified atom stereocenters. The highest BCUT2D eigenvalue weighted by Gasteiger charge is 2.35. The molecule has 1 aliphatic rings. The van der Waals surface area contributed by atoms with Gasteiger partial charge in [0.15, 0.2) is 5.11 Å². The molecule has 2 N–H and O–H groups in total. The topological polar surface area (TPSA) is 69.6 Å². The highest BCUT2D eigenvalue weighted by molar-refractivity contribution is 7.80. The first kappa shape index (κ1) is 19.9. The van der Waals surface area contributed by atoms with E-state index in [1.165, 1.54) is 36.4 Å². The van der Waals surface area contributed by atoms with Crippen LogP contribution in [-0.4, -0.2) is 22.0 Å². The Morgan fingerprint density at radius 2 is 1.67 bits per heavy atom. The van der Waals surface area contributed by atoms with Crippen molar-refractivity contribution in [2.75, 3.05) is 4.90 Å². The monoisotopic (exact) mass is 460 g/mol. The van der Waals surface area contributed by atoms with E-state index in [2.05, 4.69) is 5.32 Å². The maximum Gasteiger partial charge on any atom is 0.270 e. The second kappa shape index (κ2) is 7.66. The lowest BCUT2D eigenvalue weighted by Gasteiger charge is -2.29. The molecule has 10 heteroatoms. The number of aromatic hydroxyl groups is 1. The number of benzene rings is 2. The van der Waals surface area contributed by atoms with Gasteiger partial charge in [-0.25, -0.2) is 0 Å². The minimum Gasteiger partial charge on any atom is -0.506 e. The van der Waals surface area contributed by atoms with E-state index in [0.29, 0.717) is 5.02 Å². The number of hydrogen-bond acceptors (Lipinski definition) is 4.